The fourth-order valence-electron chi connectivity index (χ4n) is 2.21. The first kappa shape index (κ1) is 17.4. The third kappa shape index (κ3) is 5.63. The topological polar surface area (TPSA) is 40.5 Å². The Labute approximate surface area is 141 Å². The third-order valence-electron chi connectivity index (χ3n) is 3.34. The molecule has 1 aromatic heterocycles. The second-order valence-corrected chi connectivity index (χ2v) is 6.39. The number of aromatic nitrogens is 1. The summed E-state index contributed by atoms with van der Waals surface area (Å²) in [4.78, 5) is 11.2. The summed E-state index contributed by atoms with van der Waals surface area (Å²) in [6, 6.07) is 6.58. The summed E-state index contributed by atoms with van der Waals surface area (Å²) in [7, 11) is 2.01. The molecule has 6 heteroatoms. The first-order chi connectivity index (χ1) is 11.1. The summed E-state index contributed by atoms with van der Waals surface area (Å²) in [5.74, 6) is 0.657. The van der Waals surface area contributed by atoms with E-state index in [9.17, 15) is 4.39 Å². The van der Waals surface area contributed by atoms with Gasteiger partial charge in [0.15, 0.2) is 5.96 Å². The van der Waals surface area contributed by atoms with E-state index in [1.54, 1.807) is 23.5 Å². The van der Waals surface area contributed by atoms with Crippen LogP contribution in [0.25, 0.3) is 0 Å². The highest BCUT2D eigenvalue weighted by molar-refractivity contribution is 7.09. The minimum atomic E-state index is -0.205. The van der Waals surface area contributed by atoms with Gasteiger partial charge in [-0.25, -0.2) is 9.37 Å². The van der Waals surface area contributed by atoms with Crippen molar-refractivity contribution in [2.45, 2.75) is 26.8 Å². The lowest BCUT2D eigenvalue weighted by Crippen LogP contribution is -2.38. The Morgan fingerprint density at radius 3 is 2.70 bits per heavy atom. The molecule has 0 amide bonds. The molecule has 0 unspecified atom stereocenters. The van der Waals surface area contributed by atoms with Crippen molar-refractivity contribution in [1.82, 2.24) is 15.2 Å². The molecule has 2 rings (SSSR count). The quantitative estimate of drug-likeness (QED) is 0.651. The van der Waals surface area contributed by atoms with Crippen molar-refractivity contribution in [2.24, 2.45) is 4.99 Å². The lowest BCUT2D eigenvalue weighted by molar-refractivity contribution is 0.471. The maximum atomic E-state index is 12.9. The van der Waals surface area contributed by atoms with Gasteiger partial charge in [-0.15, -0.1) is 11.3 Å². The van der Waals surface area contributed by atoms with Gasteiger partial charge in [-0.1, -0.05) is 12.1 Å². The molecule has 1 aromatic carbocycles. The number of guanidine groups is 1. The molecule has 23 heavy (non-hydrogen) atoms. The zero-order valence-electron chi connectivity index (χ0n) is 13.8. The third-order valence-corrected chi connectivity index (χ3v) is 4.16. The Balaban J connectivity index is 1.94. The number of nitrogens with zero attached hydrogens (tertiary/aromatic N) is 3. The SMILES string of the molecule is CCNC(=NCCc1ccc(F)cc1)N(C)Cc1csc(C)n1. The standard InChI is InChI=1S/C17H23FN4S/c1-4-19-17(22(3)11-16-12-23-13(2)21-16)20-10-9-14-5-7-15(18)8-6-14/h5-8,12H,4,9-11H2,1-3H3,(H,19,20). The van der Waals surface area contributed by atoms with Crippen LogP contribution in [0.4, 0.5) is 4.39 Å². The van der Waals surface area contributed by atoms with Crippen LogP contribution in [-0.2, 0) is 13.0 Å². The maximum absolute atomic E-state index is 12.9. The zero-order chi connectivity index (χ0) is 16.7. The molecule has 2 aromatic rings. The van der Waals surface area contributed by atoms with Crippen molar-refractivity contribution < 1.29 is 4.39 Å². The molecule has 1 heterocycles. The molecule has 0 saturated heterocycles. The summed E-state index contributed by atoms with van der Waals surface area (Å²) in [6.45, 7) is 6.27. The Hall–Kier alpha value is -1.95. The second kappa shape index (κ2) is 8.62. The molecule has 0 fully saturated rings. The van der Waals surface area contributed by atoms with E-state index in [0.29, 0.717) is 6.54 Å². The number of aliphatic imine (C=N–C) groups is 1. The number of hydrogen-bond donors (Lipinski definition) is 1. The largest absolute Gasteiger partial charge is 0.357 e. The fraction of sp³-hybridized carbons (Fsp3) is 0.412. The monoisotopic (exact) mass is 334 g/mol. The van der Waals surface area contributed by atoms with Crippen LogP contribution in [0.3, 0.4) is 0 Å². The van der Waals surface area contributed by atoms with Crippen molar-refractivity contribution in [2.75, 3.05) is 20.1 Å². The van der Waals surface area contributed by atoms with Crippen molar-refractivity contribution >= 4 is 17.3 Å². The van der Waals surface area contributed by atoms with Crippen LogP contribution in [0, 0.1) is 12.7 Å². The molecule has 0 aliphatic rings. The van der Waals surface area contributed by atoms with Crippen LogP contribution in [0.2, 0.25) is 0 Å². The van der Waals surface area contributed by atoms with Gasteiger partial charge in [-0.3, -0.25) is 4.99 Å². The van der Waals surface area contributed by atoms with E-state index in [1.807, 2.05) is 14.0 Å². The fourth-order valence-corrected chi connectivity index (χ4v) is 2.81. The van der Waals surface area contributed by atoms with Crippen molar-refractivity contribution in [3.63, 3.8) is 0 Å². The number of hydrogen-bond acceptors (Lipinski definition) is 3. The molecule has 0 atom stereocenters. The smallest absolute Gasteiger partial charge is 0.194 e. The Kier molecular flexibility index (Phi) is 6.52. The molecule has 124 valence electrons. The average molecular weight is 334 g/mol. The van der Waals surface area contributed by atoms with Crippen LogP contribution < -0.4 is 5.32 Å². The van der Waals surface area contributed by atoms with Gasteiger partial charge < -0.3 is 10.2 Å². The number of halogens is 1. The molecule has 0 bridgehead atoms. The van der Waals surface area contributed by atoms with Gasteiger partial charge >= 0.3 is 0 Å². The number of thiazole rings is 1. The summed E-state index contributed by atoms with van der Waals surface area (Å²) >= 11 is 1.66. The highest BCUT2D eigenvalue weighted by Crippen LogP contribution is 2.10. The van der Waals surface area contributed by atoms with Crippen molar-refractivity contribution in [3.8, 4) is 0 Å². The number of rotatable bonds is 6. The minimum absolute atomic E-state index is 0.205. The van der Waals surface area contributed by atoms with E-state index in [4.69, 9.17) is 0 Å². The molecule has 0 spiro atoms. The normalized spacial score (nSPS) is 11.6. The van der Waals surface area contributed by atoms with Crippen LogP contribution in [0.5, 0.6) is 0 Å². The van der Waals surface area contributed by atoms with E-state index < -0.39 is 0 Å². The van der Waals surface area contributed by atoms with Gasteiger partial charge in [0.1, 0.15) is 5.82 Å². The van der Waals surface area contributed by atoms with Gasteiger partial charge in [0, 0.05) is 25.5 Å². The van der Waals surface area contributed by atoms with Gasteiger partial charge in [-0.05, 0) is 38.0 Å². The molecule has 1 N–H and O–H groups in total. The van der Waals surface area contributed by atoms with Crippen molar-refractivity contribution in [3.05, 3.63) is 51.7 Å². The van der Waals surface area contributed by atoms with Crippen LogP contribution in [0.15, 0.2) is 34.6 Å². The van der Waals surface area contributed by atoms with Crippen LogP contribution in [0.1, 0.15) is 23.2 Å². The van der Waals surface area contributed by atoms with Gasteiger partial charge in [0.25, 0.3) is 0 Å². The molecular formula is C17H23FN4S. The average Bonchev–Trinajstić information content (AvgIpc) is 2.93. The first-order valence-corrected chi connectivity index (χ1v) is 8.61. The zero-order valence-corrected chi connectivity index (χ0v) is 14.7. The van der Waals surface area contributed by atoms with Crippen LogP contribution in [-0.4, -0.2) is 36.0 Å². The van der Waals surface area contributed by atoms with E-state index in [-0.39, 0.29) is 5.82 Å². The Morgan fingerprint density at radius 1 is 1.35 bits per heavy atom. The van der Waals surface area contributed by atoms with E-state index >= 15 is 0 Å². The minimum Gasteiger partial charge on any atom is -0.357 e. The van der Waals surface area contributed by atoms with E-state index in [1.165, 1.54) is 12.1 Å². The van der Waals surface area contributed by atoms with Crippen LogP contribution >= 0.6 is 11.3 Å². The molecule has 0 saturated carbocycles. The maximum Gasteiger partial charge on any atom is 0.194 e. The number of aryl methyl sites for hydroxylation is 1. The summed E-state index contributed by atoms with van der Waals surface area (Å²) in [5.41, 5.74) is 2.14. The second-order valence-electron chi connectivity index (χ2n) is 5.33. The molecular weight excluding hydrogens is 311 g/mol. The van der Waals surface area contributed by atoms with E-state index in [0.717, 1.165) is 41.7 Å². The summed E-state index contributed by atoms with van der Waals surface area (Å²) in [6.07, 6.45) is 0.790. The van der Waals surface area contributed by atoms with Gasteiger partial charge in [-0.2, -0.15) is 0 Å². The molecule has 0 aliphatic carbocycles. The van der Waals surface area contributed by atoms with Gasteiger partial charge in [0.2, 0.25) is 0 Å². The molecule has 0 aliphatic heterocycles. The summed E-state index contributed by atoms with van der Waals surface area (Å²) < 4.78 is 12.9. The number of nitrogens with one attached hydrogen (secondary N) is 1. The highest BCUT2D eigenvalue weighted by Gasteiger charge is 2.08. The molecule has 4 nitrogen and oxygen atoms in total. The Bertz CT molecular complexity index is 636. The lowest BCUT2D eigenvalue weighted by atomic mass is 10.1. The first-order valence-electron chi connectivity index (χ1n) is 7.73. The molecule has 0 radical (unpaired) electrons. The Morgan fingerprint density at radius 2 is 2.09 bits per heavy atom. The predicted molar refractivity (Wildman–Crippen MR) is 94.4 cm³/mol. The lowest BCUT2D eigenvalue weighted by Gasteiger charge is -2.21. The predicted octanol–water partition coefficient (Wildman–Crippen LogP) is 3.23. The van der Waals surface area contributed by atoms with Gasteiger partial charge in [0.05, 0.1) is 17.2 Å². The highest BCUT2D eigenvalue weighted by atomic mass is 32.1. The van der Waals surface area contributed by atoms with Crippen molar-refractivity contribution in [1.29, 1.82) is 0 Å². The number of benzene rings is 1. The summed E-state index contributed by atoms with van der Waals surface area (Å²) in [5, 5.41) is 6.45. The van der Waals surface area contributed by atoms with E-state index in [2.05, 4.69) is 32.5 Å².